The average Bonchev–Trinajstić information content (AvgIpc) is 3.30. The van der Waals surface area contributed by atoms with Gasteiger partial charge in [-0.1, -0.05) is 0 Å². The lowest BCUT2D eigenvalue weighted by atomic mass is 10.0. The minimum atomic E-state index is -1.87. The van der Waals surface area contributed by atoms with Crippen molar-refractivity contribution in [2.24, 2.45) is 0 Å². The van der Waals surface area contributed by atoms with Gasteiger partial charge in [-0.25, -0.2) is 22.4 Å². The minimum absolute atomic E-state index is 0.0162. The van der Waals surface area contributed by atoms with Gasteiger partial charge < -0.3 is 10.1 Å². The van der Waals surface area contributed by atoms with Crippen molar-refractivity contribution in [3.05, 3.63) is 46.7 Å². The van der Waals surface area contributed by atoms with Gasteiger partial charge in [0.25, 0.3) is 0 Å². The third-order valence-electron chi connectivity index (χ3n) is 3.12. The summed E-state index contributed by atoms with van der Waals surface area (Å²) in [7, 11) is 0. The summed E-state index contributed by atoms with van der Waals surface area (Å²) < 4.78 is 58.5. The summed E-state index contributed by atoms with van der Waals surface area (Å²) in [6.45, 7) is 1.38. The SMILES string of the molecule is CCOC(=O)/C(=C/NC1CC1)C(=O)c1c(F)c(F)cc(F)c1F. The Hall–Kier alpha value is -2.38. The van der Waals surface area contributed by atoms with Crippen LogP contribution >= 0.6 is 0 Å². The number of Topliss-reactive ketones (excluding diaryl/α,β-unsaturated/α-hetero) is 1. The number of ketones is 1. The van der Waals surface area contributed by atoms with E-state index in [-0.39, 0.29) is 18.7 Å². The van der Waals surface area contributed by atoms with E-state index < -0.39 is 46.2 Å². The Balaban J connectivity index is 2.44. The van der Waals surface area contributed by atoms with Gasteiger partial charge in [-0.05, 0) is 19.8 Å². The summed E-state index contributed by atoms with van der Waals surface area (Å²) in [5, 5.41) is 2.70. The average molecular weight is 331 g/mol. The minimum Gasteiger partial charge on any atom is -0.462 e. The van der Waals surface area contributed by atoms with E-state index in [0.717, 1.165) is 19.0 Å². The van der Waals surface area contributed by atoms with Gasteiger partial charge in [-0.2, -0.15) is 0 Å². The molecule has 1 N–H and O–H groups in total. The fraction of sp³-hybridized carbons (Fsp3) is 0.333. The molecule has 4 nitrogen and oxygen atoms in total. The molecule has 1 fully saturated rings. The molecule has 2 rings (SSSR count). The molecular weight excluding hydrogens is 318 g/mol. The number of hydrogen-bond acceptors (Lipinski definition) is 4. The normalized spacial score (nSPS) is 14.6. The van der Waals surface area contributed by atoms with Crippen molar-refractivity contribution in [1.29, 1.82) is 0 Å². The van der Waals surface area contributed by atoms with Crippen LogP contribution in [0.4, 0.5) is 17.6 Å². The van der Waals surface area contributed by atoms with Crippen LogP contribution in [0.3, 0.4) is 0 Å². The number of esters is 1. The summed E-state index contributed by atoms with van der Waals surface area (Å²) in [6, 6.07) is 0.0173. The zero-order chi connectivity index (χ0) is 17.1. The van der Waals surface area contributed by atoms with Crippen LogP contribution in [0.5, 0.6) is 0 Å². The number of benzene rings is 1. The highest BCUT2D eigenvalue weighted by molar-refractivity contribution is 6.24. The molecule has 1 aromatic carbocycles. The first kappa shape index (κ1) is 17.0. The maximum Gasteiger partial charge on any atom is 0.343 e. The van der Waals surface area contributed by atoms with Crippen LogP contribution in [0, 0.1) is 23.3 Å². The van der Waals surface area contributed by atoms with Gasteiger partial charge in [-0.3, -0.25) is 4.79 Å². The third-order valence-corrected chi connectivity index (χ3v) is 3.12. The first-order chi connectivity index (χ1) is 10.9. The van der Waals surface area contributed by atoms with E-state index >= 15 is 0 Å². The van der Waals surface area contributed by atoms with Crippen LogP contribution < -0.4 is 5.32 Å². The number of halogens is 4. The Morgan fingerprint density at radius 2 is 1.78 bits per heavy atom. The summed E-state index contributed by atoms with van der Waals surface area (Å²) in [6.07, 6.45) is 2.57. The Bertz CT molecular complexity index is 658. The molecule has 1 aliphatic rings. The van der Waals surface area contributed by atoms with E-state index in [1.165, 1.54) is 6.92 Å². The molecule has 0 amide bonds. The summed E-state index contributed by atoms with van der Waals surface area (Å²) in [4.78, 5) is 24.0. The molecule has 1 saturated carbocycles. The number of carbonyl (C=O) groups excluding carboxylic acids is 2. The van der Waals surface area contributed by atoms with E-state index in [1.54, 1.807) is 0 Å². The first-order valence-electron chi connectivity index (χ1n) is 6.87. The van der Waals surface area contributed by atoms with E-state index in [0.29, 0.717) is 0 Å². The number of ether oxygens (including phenoxy) is 1. The number of hydrogen-bond donors (Lipinski definition) is 1. The van der Waals surface area contributed by atoms with Gasteiger partial charge in [0.1, 0.15) is 11.1 Å². The third kappa shape index (κ3) is 3.69. The van der Waals surface area contributed by atoms with Gasteiger partial charge in [-0.15, -0.1) is 0 Å². The molecule has 0 aromatic heterocycles. The lowest BCUT2D eigenvalue weighted by molar-refractivity contribution is -0.138. The van der Waals surface area contributed by atoms with Crippen LogP contribution in [0.25, 0.3) is 0 Å². The van der Waals surface area contributed by atoms with E-state index in [2.05, 4.69) is 10.1 Å². The van der Waals surface area contributed by atoms with Gasteiger partial charge in [0.05, 0.1) is 6.61 Å². The smallest absolute Gasteiger partial charge is 0.343 e. The Morgan fingerprint density at radius 3 is 2.26 bits per heavy atom. The molecule has 124 valence electrons. The zero-order valence-corrected chi connectivity index (χ0v) is 12.1. The molecule has 0 atom stereocenters. The fourth-order valence-corrected chi connectivity index (χ4v) is 1.78. The topological polar surface area (TPSA) is 55.4 Å². The Kier molecular flexibility index (Phi) is 5.02. The van der Waals surface area contributed by atoms with Crippen molar-refractivity contribution in [2.45, 2.75) is 25.8 Å². The summed E-state index contributed by atoms with van der Waals surface area (Å²) >= 11 is 0. The second-order valence-electron chi connectivity index (χ2n) is 4.89. The molecule has 0 aliphatic heterocycles. The molecule has 0 unspecified atom stereocenters. The second-order valence-corrected chi connectivity index (χ2v) is 4.89. The lowest BCUT2D eigenvalue weighted by Crippen LogP contribution is -2.22. The van der Waals surface area contributed by atoms with Crippen molar-refractivity contribution in [1.82, 2.24) is 5.32 Å². The van der Waals surface area contributed by atoms with Crippen LogP contribution in [-0.4, -0.2) is 24.4 Å². The van der Waals surface area contributed by atoms with E-state index in [9.17, 15) is 27.2 Å². The van der Waals surface area contributed by atoms with Crippen LogP contribution in [0.15, 0.2) is 17.8 Å². The lowest BCUT2D eigenvalue weighted by Gasteiger charge is -2.09. The van der Waals surface area contributed by atoms with Crippen LogP contribution in [0.1, 0.15) is 30.1 Å². The maximum atomic E-state index is 13.7. The molecule has 1 aliphatic carbocycles. The Morgan fingerprint density at radius 1 is 1.22 bits per heavy atom. The van der Waals surface area contributed by atoms with E-state index in [1.807, 2.05) is 0 Å². The number of nitrogens with one attached hydrogen (secondary N) is 1. The number of rotatable bonds is 6. The van der Waals surface area contributed by atoms with Gasteiger partial charge in [0.2, 0.25) is 5.78 Å². The van der Waals surface area contributed by atoms with Crippen molar-refractivity contribution in [3.8, 4) is 0 Å². The molecule has 0 radical (unpaired) electrons. The highest BCUT2D eigenvalue weighted by atomic mass is 19.2. The molecule has 8 heteroatoms. The first-order valence-corrected chi connectivity index (χ1v) is 6.87. The standard InChI is InChI=1S/C15H13F4NO3/c1-2-23-15(22)8(6-20-7-3-4-7)14(21)11-12(18)9(16)5-10(17)13(11)19/h5-7,20H,2-4H2,1H3/b8-6+. The van der Waals surface area contributed by atoms with E-state index in [4.69, 9.17) is 0 Å². The quantitative estimate of drug-likeness (QED) is 0.166. The highest BCUT2D eigenvalue weighted by Gasteiger charge is 2.31. The summed E-state index contributed by atoms with van der Waals surface area (Å²) in [5.74, 6) is -9.83. The van der Waals surface area contributed by atoms with Crippen LogP contribution in [0.2, 0.25) is 0 Å². The molecule has 0 spiro atoms. The van der Waals surface area contributed by atoms with Gasteiger partial charge in [0.15, 0.2) is 23.3 Å². The fourth-order valence-electron chi connectivity index (χ4n) is 1.78. The molecular formula is C15H13F4NO3. The monoisotopic (exact) mass is 331 g/mol. The van der Waals surface area contributed by atoms with Gasteiger partial charge >= 0.3 is 5.97 Å². The molecule has 1 aromatic rings. The predicted octanol–water partition coefficient (Wildman–Crippen LogP) is 2.62. The molecule has 23 heavy (non-hydrogen) atoms. The van der Waals surface area contributed by atoms with Crippen molar-refractivity contribution in [2.75, 3.05) is 6.61 Å². The van der Waals surface area contributed by atoms with Gasteiger partial charge in [0, 0.05) is 18.3 Å². The molecule has 0 saturated heterocycles. The summed E-state index contributed by atoms with van der Waals surface area (Å²) in [5.41, 5.74) is -2.21. The zero-order valence-electron chi connectivity index (χ0n) is 12.1. The van der Waals surface area contributed by atoms with Crippen molar-refractivity contribution in [3.63, 3.8) is 0 Å². The van der Waals surface area contributed by atoms with Crippen molar-refractivity contribution < 1.29 is 31.9 Å². The second kappa shape index (κ2) is 6.80. The van der Waals surface area contributed by atoms with Crippen LogP contribution in [-0.2, 0) is 9.53 Å². The maximum absolute atomic E-state index is 13.7. The highest BCUT2D eigenvalue weighted by Crippen LogP contribution is 2.23. The predicted molar refractivity (Wildman–Crippen MR) is 71.5 cm³/mol. The Labute approximate surface area is 129 Å². The molecule has 0 bridgehead atoms. The largest absolute Gasteiger partial charge is 0.462 e. The van der Waals surface area contributed by atoms with Crippen molar-refractivity contribution >= 4 is 11.8 Å². The molecule has 0 heterocycles. The number of carbonyl (C=O) groups is 2.